The number of nitrogens with zero attached hydrogens (tertiary/aromatic N) is 1. The largest absolute Gasteiger partial charge is 0.391 e. The van der Waals surface area contributed by atoms with Crippen molar-refractivity contribution in [1.29, 1.82) is 0 Å². The van der Waals surface area contributed by atoms with Crippen LogP contribution in [0.4, 0.5) is 5.69 Å². The first-order chi connectivity index (χ1) is 7.79. The first-order valence-electron chi connectivity index (χ1n) is 6.01. The third-order valence-electron chi connectivity index (χ3n) is 3.11. The van der Waals surface area contributed by atoms with E-state index >= 15 is 0 Å². The van der Waals surface area contributed by atoms with Gasteiger partial charge in [0.05, 0.1) is 6.10 Å². The maximum Gasteiger partial charge on any atom is 0.0715 e. The molecule has 0 spiro atoms. The Bertz CT molecular complexity index is 340. The van der Waals surface area contributed by atoms with E-state index in [0.717, 1.165) is 32.4 Å². The summed E-state index contributed by atoms with van der Waals surface area (Å²) in [6.07, 6.45) is 2.75. The molecule has 1 aliphatic rings. The molecule has 3 heteroatoms. The number of β-amino-alcohol motifs (C(OH)–C–C–N with tert-alkyl or cyclic N) is 1. The zero-order chi connectivity index (χ0) is 11.4. The molecule has 0 saturated carbocycles. The van der Waals surface area contributed by atoms with Crippen molar-refractivity contribution in [3.63, 3.8) is 0 Å². The Morgan fingerprint density at radius 1 is 1.44 bits per heavy atom. The van der Waals surface area contributed by atoms with E-state index in [1.807, 2.05) is 0 Å². The standard InChI is InChI=1S/C13H20N2O/c14-7-6-11-3-1-4-12(9-11)15-8-2-5-13(16)10-15/h1,3-4,9,13,16H,2,5-8,10,14H2. The maximum atomic E-state index is 9.65. The molecule has 0 amide bonds. The van der Waals surface area contributed by atoms with Gasteiger partial charge in [0.25, 0.3) is 0 Å². The van der Waals surface area contributed by atoms with Gasteiger partial charge in [0.15, 0.2) is 0 Å². The highest BCUT2D eigenvalue weighted by atomic mass is 16.3. The minimum atomic E-state index is -0.174. The van der Waals surface area contributed by atoms with E-state index in [-0.39, 0.29) is 6.10 Å². The number of rotatable bonds is 3. The predicted octanol–water partition coefficient (Wildman–Crippen LogP) is 1.15. The highest BCUT2D eigenvalue weighted by molar-refractivity contribution is 5.49. The summed E-state index contributed by atoms with van der Waals surface area (Å²) < 4.78 is 0. The lowest BCUT2D eigenvalue weighted by molar-refractivity contribution is 0.154. The monoisotopic (exact) mass is 220 g/mol. The SMILES string of the molecule is NCCc1cccc(N2CCCC(O)C2)c1. The van der Waals surface area contributed by atoms with Gasteiger partial charge in [-0.1, -0.05) is 12.1 Å². The highest BCUT2D eigenvalue weighted by Gasteiger charge is 2.17. The van der Waals surface area contributed by atoms with Crippen LogP contribution in [-0.2, 0) is 6.42 Å². The highest BCUT2D eigenvalue weighted by Crippen LogP contribution is 2.21. The minimum Gasteiger partial charge on any atom is -0.391 e. The van der Waals surface area contributed by atoms with Crippen molar-refractivity contribution in [1.82, 2.24) is 0 Å². The topological polar surface area (TPSA) is 49.5 Å². The second kappa shape index (κ2) is 5.32. The summed E-state index contributed by atoms with van der Waals surface area (Å²) in [5.41, 5.74) is 8.05. The predicted molar refractivity (Wildman–Crippen MR) is 66.7 cm³/mol. The Balaban J connectivity index is 2.09. The Morgan fingerprint density at radius 3 is 3.06 bits per heavy atom. The molecule has 16 heavy (non-hydrogen) atoms. The van der Waals surface area contributed by atoms with Crippen LogP contribution in [0.1, 0.15) is 18.4 Å². The van der Waals surface area contributed by atoms with Crippen LogP contribution in [-0.4, -0.2) is 30.8 Å². The van der Waals surface area contributed by atoms with Crippen molar-refractivity contribution in [2.75, 3.05) is 24.5 Å². The van der Waals surface area contributed by atoms with Crippen LogP contribution in [0.15, 0.2) is 24.3 Å². The van der Waals surface area contributed by atoms with Gasteiger partial charge in [-0.2, -0.15) is 0 Å². The van der Waals surface area contributed by atoms with Crippen LogP contribution in [0.25, 0.3) is 0 Å². The molecule has 2 rings (SSSR count). The molecule has 1 aliphatic heterocycles. The minimum absolute atomic E-state index is 0.174. The van der Waals surface area contributed by atoms with E-state index in [1.165, 1.54) is 11.3 Å². The van der Waals surface area contributed by atoms with Crippen molar-refractivity contribution < 1.29 is 5.11 Å². The summed E-state index contributed by atoms with van der Waals surface area (Å²) in [4.78, 5) is 2.26. The molecule has 0 aromatic heterocycles. The van der Waals surface area contributed by atoms with Crippen molar-refractivity contribution in [2.24, 2.45) is 5.73 Å². The van der Waals surface area contributed by atoms with Crippen molar-refractivity contribution >= 4 is 5.69 Å². The van der Waals surface area contributed by atoms with Crippen molar-refractivity contribution in [3.05, 3.63) is 29.8 Å². The lowest BCUT2D eigenvalue weighted by Crippen LogP contribution is -2.38. The molecule has 1 saturated heterocycles. The lowest BCUT2D eigenvalue weighted by Gasteiger charge is -2.32. The second-order valence-electron chi connectivity index (χ2n) is 4.45. The Morgan fingerprint density at radius 2 is 2.31 bits per heavy atom. The van der Waals surface area contributed by atoms with Crippen molar-refractivity contribution in [3.8, 4) is 0 Å². The number of hydrogen-bond donors (Lipinski definition) is 2. The molecule has 0 bridgehead atoms. The maximum absolute atomic E-state index is 9.65. The van der Waals surface area contributed by atoms with Gasteiger partial charge in [-0.3, -0.25) is 0 Å². The Labute approximate surface area is 96.9 Å². The number of nitrogens with two attached hydrogens (primary N) is 1. The third-order valence-corrected chi connectivity index (χ3v) is 3.11. The van der Waals surface area contributed by atoms with E-state index in [4.69, 9.17) is 5.73 Å². The average molecular weight is 220 g/mol. The molecular weight excluding hydrogens is 200 g/mol. The van der Waals surface area contributed by atoms with Gasteiger partial charge in [-0.25, -0.2) is 0 Å². The van der Waals surface area contributed by atoms with Gasteiger partial charge in [0.2, 0.25) is 0 Å². The molecule has 1 heterocycles. The summed E-state index contributed by atoms with van der Waals surface area (Å²) in [5, 5.41) is 9.65. The first kappa shape index (κ1) is 11.4. The van der Waals surface area contributed by atoms with Crippen LogP contribution < -0.4 is 10.6 Å². The fraction of sp³-hybridized carbons (Fsp3) is 0.538. The van der Waals surface area contributed by atoms with Gasteiger partial charge in [0, 0.05) is 18.8 Å². The fourth-order valence-electron chi connectivity index (χ4n) is 2.26. The molecule has 3 N–H and O–H groups in total. The summed E-state index contributed by atoms with van der Waals surface area (Å²) in [7, 11) is 0. The van der Waals surface area contributed by atoms with Gasteiger partial charge >= 0.3 is 0 Å². The van der Waals surface area contributed by atoms with E-state index < -0.39 is 0 Å². The van der Waals surface area contributed by atoms with Crippen LogP contribution in [0, 0.1) is 0 Å². The zero-order valence-electron chi connectivity index (χ0n) is 9.60. The van der Waals surface area contributed by atoms with Crippen LogP contribution in [0.2, 0.25) is 0 Å². The molecule has 1 unspecified atom stereocenters. The summed E-state index contributed by atoms with van der Waals surface area (Å²) >= 11 is 0. The molecule has 0 radical (unpaired) electrons. The number of aliphatic hydroxyl groups is 1. The van der Waals surface area contributed by atoms with E-state index in [0.29, 0.717) is 6.54 Å². The van der Waals surface area contributed by atoms with E-state index in [2.05, 4.69) is 29.2 Å². The van der Waals surface area contributed by atoms with Crippen molar-refractivity contribution in [2.45, 2.75) is 25.4 Å². The zero-order valence-corrected chi connectivity index (χ0v) is 9.60. The third kappa shape index (κ3) is 2.74. The summed E-state index contributed by atoms with van der Waals surface area (Å²) in [6.45, 7) is 2.49. The fourth-order valence-corrected chi connectivity index (χ4v) is 2.26. The Hall–Kier alpha value is -1.06. The smallest absolute Gasteiger partial charge is 0.0715 e. The van der Waals surface area contributed by atoms with Crippen LogP contribution in [0.3, 0.4) is 0 Å². The second-order valence-corrected chi connectivity index (χ2v) is 4.45. The van der Waals surface area contributed by atoms with E-state index in [9.17, 15) is 5.11 Å². The molecule has 1 aromatic carbocycles. The van der Waals surface area contributed by atoms with Crippen LogP contribution >= 0.6 is 0 Å². The quantitative estimate of drug-likeness (QED) is 0.803. The molecule has 1 aromatic rings. The van der Waals surface area contributed by atoms with E-state index in [1.54, 1.807) is 0 Å². The summed E-state index contributed by atoms with van der Waals surface area (Å²) in [5.74, 6) is 0. The first-order valence-corrected chi connectivity index (χ1v) is 6.01. The molecular formula is C13H20N2O. The number of benzene rings is 1. The molecule has 1 atom stereocenters. The molecule has 3 nitrogen and oxygen atoms in total. The number of aliphatic hydroxyl groups excluding tert-OH is 1. The van der Waals surface area contributed by atoms with Gasteiger partial charge in [0.1, 0.15) is 0 Å². The molecule has 1 fully saturated rings. The number of piperidine rings is 1. The molecule has 0 aliphatic carbocycles. The van der Waals surface area contributed by atoms with Gasteiger partial charge in [-0.15, -0.1) is 0 Å². The van der Waals surface area contributed by atoms with Crippen LogP contribution in [0.5, 0.6) is 0 Å². The number of anilines is 1. The normalized spacial score (nSPS) is 21.1. The average Bonchev–Trinajstić information content (AvgIpc) is 2.30. The Kier molecular flexibility index (Phi) is 3.80. The summed E-state index contributed by atoms with van der Waals surface area (Å²) in [6, 6.07) is 8.47. The van der Waals surface area contributed by atoms with Gasteiger partial charge < -0.3 is 15.7 Å². The lowest BCUT2D eigenvalue weighted by atomic mass is 10.1. The van der Waals surface area contributed by atoms with Gasteiger partial charge in [-0.05, 0) is 43.5 Å². The molecule has 88 valence electrons. The number of hydrogen-bond acceptors (Lipinski definition) is 3.